The predicted molar refractivity (Wildman–Crippen MR) is 99.1 cm³/mol. The van der Waals surface area contributed by atoms with Crippen molar-refractivity contribution in [2.45, 2.75) is 13.5 Å². The fraction of sp³-hybridized carbons (Fsp3) is 0.350. The number of piperazine rings is 1. The van der Waals surface area contributed by atoms with Gasteiger partial charge in [0.05, 0.1) is 31.2 Å². The number of fused-ring (bicyclic) bond motifs is 1. The van der Waals surface area contributed by atoms with E-state index in [0.717, 1.165) is 32.7 Å². The van der Waals surface area contributed by atoms with Gasteiger partial charge in [-0.3, -0.25) is 4.79 Å². The van der Waals surface area contributed by atoms with Gasteiger partial charge in [-0.2, -0.15) is 0 Å². The lowest BCUT2D eigenvalue weighted by Crippen LogP contribution is -3.13. The van der Waals surface area contributed by atoms with E-state index >= 15 is 0 Å². The summed E-state index contributed by atoms with van der Waals surface area (Å²) in [5, 5.41) is 0.423. The largest absolute Gasteiger partial charge is 0.454 e. The minimum absolute atomic E-state index is 0.000180. The Morgan fingerprint density at radius 3 is 2.77 bits per heavy atom. The number of carbonyl (C=O) groups is 1. The van der Waals surface area contributed by atoms with E-state index in [1.54, 1.807) is 12.1 Å². The van der Waals surface area contributed by atoms with Gasteiger partial charge < -0.3 is 19.3 Å². The lowest BCUT2D eigenvalue weighted by atomic mass is 10.1. The van der Waals surface area contributed by atoms with Gasteiger partial charge in [0.15, 0.2) is 11.5 Å². The molecule has 0 saturated carbocycles. The normalized spacial score (nSPS) is 16.8. The Morgan fingerprint density at radius 1 is 1.19 bits per heavy atom. The summed E-state index contributed by atoms with van der Waals surface area (Å²) in [4.78, 5) is 16.2. The van der Waals surface area contributed by atoms with Crippen molar-refractivity contribution >= 4 is 17.5 Å². The lowest BCUT2D eigenvalue weighted by Gasteiger charge is -2.32. The van der Waals surface area contributed by atoms with Crippen molar-refractivity contribution in [1.82, 2.24) is 4.90 Å². The maximum absolute atomic E-state index is 12.8. The molecule has 5 nitrogen and oxygen atoms in total. The minimum Gasteiger partial charge on any atom is -0.454 e. The van der Waals surface area contributed by atoms with Crippen molar-refractivity contribution in [3.63, 3.8) is 0 Å². The fourth-order valence-corrected chi connectivity index (χ4v) is 3.85. The first-order chi connectivity index (χ1) is 12.6. The van der Waals surface area contributed by atoms with E-state index < -0.39 is 0 Å². The topological polar surface area (TPSA) is 43.2 Å². The van der Waals surface area contributed by atoms with Crippen LogP contribution >= 0.6 is 11.6 Å². The molecule has 0 atom stereocenters. The van der Waals surface area contributed by atoms with Gasteiger partial charge in [-0.25, -0.2) is 0 Å². The van der Waals surface area contributed by atoms with E-state index in [1.165, 1.54) is 16.0 Å². The number of aryl methyl sites for hydroxylation is 1. The molecule has 0 spiro atoms. The first kappa shape index (κ1) is 17.2. The standard InChI is InChI=1S/C20H21ClN2O3/c1-14-3-2-4-15(9-14)12-22-5-7-23(8-6-22)20(24)16-10-17(21)19-18(11-16)25-13-26-19/h2-4,9-11H,5-8,12-13H2,1H3/p+1. The number of benzene rings is 2. The van der Waals surface area contributed by atoms with E-state index in [0.29, 0.717) is 22.1 Å². The van der Waals surface area contributed by atoms with E-state index in [4.69, 9.17) is 21.1 Å². The number of nitrogens with one attached hydrogen (secondary N) is 1. The molecule has 2 aromatic rings. The zero-order valence-corrected chi connectivity index (χ0v) is 15.5. The highest BCUT2D eigenvalue weighted by Crippen LogP contribution is 2.40. The summed E-state index contributed by atoms with van der Waals surface area (Å²) in [5.74, 6) is 1.07. The predicted octanol–water partition coefficient (Wildman–Crippen LogP) is 1.92. The molecule has 2 aromatic carbocycles. The molecular formula is C20H22ClN2O3+. The molecule has 2 aliphatic rings. The SMILES string of the molecule is Cc1cccc(C[NH+]2CCN(C(=O)c3cc(Cl)c4c(c3)OCO4)CC2)c1. The molecule has 0 unspecified atom stereocenters. The van der Waals surface area contributed by atoms with E-state index in [-0.39, 0.29) is 12.7 Å². The average Bonchev–Trinajstić information content (AvgIpc) is 3.11. The monoisotopic (exact) mass is 373 g/mol. The van der Waals surface area contributed by atoms with Crippen LogP contribution in [0.3, 0.4) is 0 Å². The van der Waals surface area contributed by atoms with Gasteiger partial charge in [-0.05, 0) is 19.1 Å². The maximum atomic E-state index is 12.8. The molecule has 1 amide bonds. The van der Waals surface area contributed by atoms with Gasteiger partial charge in [0.2, 0.25) is 6.79 Å². The van der Waals surface area contributed by atoms with Crippen LogP contribution in [0.5, 0.6) is 11.5 Å². The van der Waals surface area contributed by atoms with Crippen molar-refractivity contribution in [3.8, 4) is 11.5 Å². The third-order valence-electron chi connectivity index (χ3n) is 4.97. The zero-order valence-electron chi connectivity index (χ0n) is 14.8. The van der Waals surface area contributed by atoms with Gasteiger partial charge >= 0.3 is 0 Å². The van der Waals surface area contributed by atoms with Gasteiger partial charge in [0, 0.05) is 11.1 Å². The molecule has 4 rings (SSSR count). The number of halogens is 1. The Morgan fingerprint density at radius 2 is 2.00 bits per heavy atom. The fourth-order valence-electron chi connectivity index (χ4n) is 3.59. The second kappa shape index (κ2) is 7.17. The molecule has 6 heteroatoms. The lowest BCUT2D eigenvalue weighted by molar-refractivity contribution is -0.917. The Labute approximate surface area is 158 Å². The summed E-state index contributed by atoms with van der Waals surface area (Å²) in [6.07, 6.45) is 0. The van der Waals surface area contributed by atoms with Crippen LogP contribution in [0.25, 0.3) is 0 Å². The van der Waals surface area contributed by atoms with Gasteiger partial charge in [-0.1, -0.05) is 41.4 Å². The van der Waals surface area contributed by atoms with Crippen molar-refractivity contribution in [3.05, 3.63) is 58.1 Å². The highest BCUT2D eigenvalue weighted by molar-refractivity contribution is 6.32. The number of quaternary nitrogens is 1. The third-order valence-corrected chi connectivity index (χ3v) is 5.25. The van der Waals surface area contributed by atoms with Crippen LogP contribution in [0.1, 0.15) is 21.5 Å². The number of rotatable bonds is 3. The van der Waals surface area contributed by atoms with E-state index in [2.05, 4.69) is 31.2 Å². The van der Waals surface area contributed by atoms with Gasteiger partial charge in [-0.15, -0.1) is 0 Å². The molecular weight excluding hydrogens is 352 g/mol. The molecule has 1 fully saturated rings. The third kappa shape index (κ3) is 3.50. The molecule has 1 saturated heterocycles. The molecule has 0 radical (unpaired) electrons. The van der Waals surface area contributed by atoms with Crippen LogP contribution in [0.2, 0.25) is 5.02 Å². The van der Waals surface area contributed by atoms with Crippen molar-refractivity contribution < 1.29 is 19.2 Å². The number of ether oxygens (including phenoxy) is 2. The van der Waals surface area contributed by atoms with Crippen LogP contribution in [-0.2, 0) is 6.54 Å². The minimum atomic E-state index is -0.000180. The highest BCUT2D eigenvalue weighted by atomic mass is 35.5. The van der Waals surface area contributed by atoms with Crippen molar-refractivity contribution in [2.75, 3.05) is 33.0 Å². The first-order valence-electron chi connectivity index (χ1n) is 8.88. The Kier molecular flexibility index (Phi) is 4.74. The molecule has 0 aromatic heterocycles. The Hall–Kier alpha value is -2.24. The number of hydrogen-bond donors (Lipinski definition) is 1. The van der Waals surface area contributed by atoms with Crippen LogP contribution in [0.4, 0.5) is 0 Å². The van der Waals surface area contributed by atoms with E-state index in [9.17, 15) is 4.79 Å². The number of amides is 1. The number of nitrogens with zero attached hydrogens (tertiary/aromatic N) is 1. The second-order valence-electron chi connectivity index (χ2n) is 6.90. The van der Waals surface area contributed by atoms with Crippen LogP contribution in [0.15, 0.2) is 36.4 Å². The molecule has 26 heavy (non-hydrogen) atoms. The molecule has 2 heterocycles. The summed E-state index contributed by atoms with van der Waals surface area (Å²) in [5.41, 5.74) is 3.19. The Balaban J connectivity index is 1.39. The van der Waals surface area contributed by atoms with Gasteiger partial charge in [0.1, 0.15) is 6.54 Å². The van der Waals surface area contributed by atoms with E-state index in [1.807, 2.05) is 4.90 Å². The first-order valence-corrected chi connectivity index (χ1v) is 9.25. The molecule has 0 bridgehead atoms. The second-order valence-corrected chi connectivity index (χ2v) is 7.31. The maximum Gasteiger partial charge on any atom is 0.254 e. The quantitative estimate of drug-likeness (QED) is 0.894. The average molecular weight is 374 g/mol. The Bertz CT molecular complexity index is 832. The summed E-state index contributed by atoms with van der Waals surface area (Å²) in [6, 6.07) is 12.0. The number of hydrogen-bond acceptors (Lipinski definition) is 3. The summed E-state index contributed by atoms with van der Waals surface area (Å²) in [7, 11) is 0. The van der Waals surface area contributed by atoms with Crippen LogP contribution in [0, 0.1) is 6.92 Å². The smallest absolute Gasteiger partial charge is 0.254 e. The van der Waals surface area contributed by atoms with Crippen LogP contribution < -0.4 is 14.4 Å². The summed E-state index contributed by atoms with van der Waals surface area (Å²) < 4.78 is 10.7. The summed E-state index contributed by atoms with van der Waals surface area (Å²) >= 11 is 6.20. The van der Waals surface area contributed by atoms with Crippen molar-refractivity contribution in [1.29, 1.82) is 0 Å². The van der Waals surface area contributed by atoms with Crippen molar-refractivity contribution in [2.24, 2.45) is 0 Å². The highest BCUT2D eigenvalue weighted by Gasteiger charge is 2.27. The number of carbonyl (C=O) groups excluding carboxylic acids is 1. The molecule has 1 N–H and O–H groups in total. The zero-order chi connectivity index (χ0) is 18.1. The molecule has 136 valence electrons. The van der Waals surface area contributed by atoms with Gasteiger partial charge in [0.25, 0.3) is 5.91 Å². The van der Waals surface area contributed by atoms with Crippen LogP contribution in [-0.4, -0.2) is 43.8 Å². The molecule has 0 aliphatic carbocycles. The molecule has 2 aliphatic heterocycles. The summed E-state index contributed by atoms with van der Waals surface area (Å²) in [6.45, 7) is 6.63.